The molecule has 0 spiro atoms. The summed E-state index contributed by atoms with van der Waals surface area (Å²) < 4.78 is 10.6. The molecule has 0 radical (unpaired) electrons. The number of halogens is 1. The van der Waals surface area contributed by atoms with Crippen LogP contribution in [0.2, 0.25) is 0 Å². The van der Waals surface area contributed by atoms with Gasteiger partial charge in [-0.25, -0.2) is 4.99 Å². The number of hydrogen-bond donors (Lipinski definition) is 1. The van der Waals surface area contributed by atoms with Crippen LogP contribution in [0.25, 0.3) is 11.3 Å². The van der Waals surface area contributed by atoms with Gasteiger partial charge < -0.3 is 15.0 Å². The van der Waals surface area contributed by atoms with E-state index < -0.39 is 0 Å². The van der Waals surface area contributed by atoms with E-state index in [0.29, 0.717) is 16.7 Å². The molecule has 0 unspecified atom stereocenters. The molecule has 1 aromatic carbocycles. The molecule has 0 atom stereocenters. The molecule has 1 aromatic heterocycles. The van der Waals surface area contributed by atoms with Crippen LogP contribution in [-0.4, -0.2) is 23.7 Å². The Morgan fingerprint density at radius 3 is 2.70 bits per heavy atom. The first-order valence-electron chi connectivity index (χ1n) is 5.64. The van der Waals surface area contributed by atoms with E-state index in [4.69, 9.17) is 15.0 Å². The number of methoxy groups -OCH3 is 1. The maximum absolute atomic E-state index is 5.69. The van der Waals surface area contributed by atoms with E-state index in [1.165, 1.54) is 11.8 Å². The standard InChI is InChI=1S/C13H15N3O2S.HI/c1-8-6-12(18-16-8)10-5-4-9(7-11(10)17-2)15-13(14)19-3;/h4-7H,1-3H3,(H2,14,15);1H. The van der Waals surface area contributed by atoms with Gasteiger partial charge in [-0.2, -0.15) is 0 Å². The molecule has 0 bridgehead atoms. The van der Waals surface area contributed by atoms with Crippen molar-refractivity contribution in [1.82, 2.24) is 5.16 Å². The molecular formula is C13H16IN3O2S. The molecule has 0 aliphatic rings. The molecule has 0 fully saturated rings. The number of aromatic nitrogens is 1. The van der Waals surface area contributed by atoms with E-state index in [1.807, 2.05) is 37.4 Å². The van der Waals surface area contributed by atoms with Crippen molar-refractivity contribution in [3.63, 3.8) is 0 Å². The van der Waals surface area contributed by atoms with Crippen molar-refractivity contribution in [3.05, 3.63) is 30.0 Å². The van der Waals surface area contributed by atoms with Crippen molar-refractivity contribution in [2.75, 3.05) is 13.4 Å². The Hall–Kier alpha value is -1.22. The fourth-order valence-electron chi connectivity index (χ4n) is 1.62. The summed E-state index contributed by atoms with van der Waals surface area (Å²) in [5.41, 5.74) is 8.09. The monoisotopic (exact) mass is 405 g/mol. The number of ether oxygens (including phenoxy) is 1. The van der Waals surface area contributed by atoms with Crippen LogP contribution in [0, 0.1) is 6.92 Å². The predicted octanol–water partition coefficient (Wildman–Crippen LogP) is 3.59. The summed E-state index contributed by atoms with van der Waals surface area (Å²) in [5.74, 6) is 1.34. The number of aliphatic imine (C=N–C) groups is 1. The third-order valence-corrected chi connectivity index (χ3v) is 3.04. The SMILES string of the molecule is COc1cc(N=C(N)SC)ccc1-c1cc(C)no1.I. The second kappa shape index (κ2) is 7.53. The van der Waals surface area contributed by atoms with Gasteiger partial charge in [0.15, 0.2) is 10.9 Å². The van der Waals surface area contributed by atoms with Gasteiger partial charge in [-0.1, -0.05) is 16.9 Å². The summed E-state index contributed by atoms with van der Waals surface area (Å²) in [5, 5.41) is 4.38. The average Bonchev–Trinajstić information content (AvgIpc) is 2.84. The van der Waals surface area contributed by atoms with Crippen LogP contribution >= 0.6 is 35.7 Å². The fraction of sp³-hybridized carbons (Fsp3) is 0.231. The number of aryl methyl sites for hydroxylation is 1. The van der Waals surface area contributed by atoms with Gasteiger partial charge in [0.25, 0.3) is 0 Å². The molecule has 0 aliphatic carbocycles. The van der Waals surface area contributed by atoms with Crippen molar-refractivity contribution in [1.29, 1.82) is 0 Å². The summed E-state index contributed by atoms with van der Waals surface area (Å²) in [4.78, 5) is 4.26. The number of thioether (sulfide) groups is 1. The van der Waals surface area contributed by atoms with Crippen LogP contribution < -0.4 is 10.5 Å². The molecule has 2 rings (SSSR count). The largest absolute Gasteiger partial charge is 0.496 e. The second-order valence-electron chi connectivity index (χ2n) is 3.87. The van der Waals surface area contributed by atoms with Crippen molar-refractivity contribution in [3.8, 4) is 17.1 Å². The second-order valence-corrected chi connectivity index (χ2v) is 4.70. The minimum Gasteiger partial charge on any atom is -0.496 e. The lowest BCUT2D eigenvalue weighted by atomic mass is 10.1. The van der Waals surface area contributed by atoms with Crippen LogP contribution in [0.1, 0.15) is 5.69 Å². The lowest BCUT2D eigenvalue weighted by Crippen LogP contribution is -2.04. The number of hydrogen-bond acceptors (Lipinski definition) is 5. The molecule has 108 valence electrons. The Bertz CT molecular complexity index is 613. The summed E-state index contributed by atoms with van der Waals surface area (Å²) in [6, 6.07) is 7.41. The quantitative estimate of drug-likeness (QED) is 0.480. The minimum atomic E-state index is 0. The molecule has 7 heteroatoms. The van der Waals surface area contributed by atoms with E-state index in [2.05, 4.69) is 10.1 Å². The molecule has 2 aromatic rings. The number of rotatable bonds is 3. The summed E-state index contributed by atoms with van der Waals surface area (Å²) in [7, 11) is 1.60. The topological polar surface area (TPSA) is 73.6 Å². The maximum atomic E-state index is 5.69. The normalized spacial score (nSPS) is 11.1. The van der Waals surface area contributed by atoms with Crippen LogP contribution in [0.15, 0.2) is 33.8 Å². The fourth-order valence-corrected chi connectivity index (χ4v) is 1.81. The summed E-state index contributed by atoms with van der Waals surface area (Å²) in [6.45, 7) is 1.87. The number of nitrogens with zero attached hydrogens (tertiary/aromatic N) is 2. The average molecular weight is 405 g/mol. The molecule has 2 N–H and O–H groups in total. The van der Waals surface area contributed by atoms with E-state index >= 15 is 0 Å². The number of benzene rings is 1. The summed E-state index contributed by atoms with van der Waals surface area (Å²) in [6.07, 6.45) is 1.88. The maximum Gasteiger partial charge on any atom is 0.170 e. The summed E-state index contributed by atoms with van der Waals surface area (Å²) >= 11 is 1.40. The first kappa shape index (κ1) is 16.8. The highest BCUT2D eigenvalue weighted by molar-refractivity contribution is 14.0. The van der Waals surface area contributed by atoms with Crippen LogP contribution in [0.3, 0.4) is 0 Å². The van der Waals surface area contributed by atoms with Crippen LogP contribution in [0.5, 0.6) is 5.75 Å². The zero-order chi connectivity index (χ0) is 13.8. The Labute approximate surface area is 139 Å². The van der Waals surface area contributed by atoms with Gasteiger partial charge in [0.2, 0.25) is 0 Å². The lowest BCUT2D eigenvalue weighted by Gasteiger charge is -2.06. The number of amidine groups is 1. The molecule has 5 nitrogen and oxygen atoms in total. The first-order valence-corrected chi connectivity index (χ1v) is 6.86. The molecule has 1 heterocycles. The number of nitrogens with two attached hydrogens (primary N) is 1. The lowest BCUT2D eigenvalue weighted by molar-refractivity contribution is 0.405. The minimum absolute atomic E-state index is 0. The van der Waals surface area contributed by atoms with Gasteiger partial charge in [0, 0.05) is 12.1 Å². The smallest absolute Gasteiger partial charge is 0.170 e. The third kappa shape index (κ3) is 3.89. The van der Waals surface area contributed by atoms with Gasteiger partial charge in [-0.05, 0) is 25.3 Å². The van der Waals surface area contributed by atoms with Crippen molar-refractivity contribution >= 4 is 46.6 Å². The van der Waals surface area contributed by atoms with Crippen LogP contribution in [-0.2, 0) is 0 Å². The molecule has 0 saturated carbocycles. The van der Waals surface area contributed by atoms with Gasteiger partial charge in [-0.15, -0.1) is 24.0 Å². The first-order chi connectivity index (χ1) is 9.13. The van der Waals surface area contributed by atoms with E-state index in [0.717, 1.165) is 16.9 Å². The molecule has 0 amide bonds. The Morgan fingerprint density at radius 1 is 1.40 bits per heavy atom. The van der Waals surface area contributed by atoms with E-state index in [-0.39, 0.29) is 24.0 Å². The van der Waals surface area contributed by atoms with Gasteiger partial charge in [0.05, 0.1) is 24.1 Å². The Kier molecular flexibility index (Phi) is 6.34. The molecule has 0 aliphatic heterocycles. The Morgan fingerprint density at radius 2 is 2.15 bits per heavy atom. The highest BCUT2D eigenvalue weighted by atomic mass is 127. The zero-order valence-electron chi connectivity index (χ0n) is 11.4. The highest BCUT2D eigenvalue weighted by Gasteiger charge is 2.11. The van der Waals surface area contributed by atoms with Gasteiger partial charge >= 0.3 is 0 Å². The predicted molar refractivity (Wildman–Crippen MR) is 93.4 cm³/mol. The van der Waals surface area contributed by atoms with Gasteiger partial charge in [-0.3, -0.25) is 0 Å². The Balaban J connectivity index is 0.00000200. The van der Waals surface area contributed by atoms with Crippen molar-refractivity contribution in [2.45, 2.75) is 6.92 Å². The van der Waals surface area contributed by atoms with Gasteiger partial charge in [0.1, 0.15) is 5.75 Å². The molecule has 0 saturated heterocycles. The van der Waals surface area contributed by atoms with E-state index in [9.17, 15) is 0 Å². The third-order valence-electron chi connectivity index (χ3n) is 2.53. The van der Waals surface area contributed by atoms with Crippen LogP contribution in [0.4, 0.5) is 5.69 Å². The molecular weight excluding hydrogens is 389 g/mol. The van der Waals surface area contributed by atoms with Crippen molar-refractivity contribution < 1.29 is 9.26 Å². The van der Waals surface area contributed by atoms with E-state index in [1.54, 1.807) is 7.11 Å². The zero-order valence-corrected chi connectivity index (χ0v) is 14.6. The van der Waals surface area contributed by atoms with Crippen molar-refractivity contribution in [2.24, 2.45) is 10.7 Å². The highest BCUT2D eigenvalue weighted by Crippen LogP contribution is 2.33. The molecule has 20 heavy (non-hydrogen) atoms.